The molecule has 2 aliphatic heterocycles. The SMILES string of the molecule is CN(CCOc1cccc(CNC(=O)C(=O)Nc2cccc(CN3CCC(C(N)=O)CC3)c2)c1)C1CCOCC1. The second-order valence-electron chi connectivity index (χ2n) is 10.6. The Morgan fingerprint density at radius 3 is 2.48 bits per heavy atom. The number of ether oxygens (including phenoxy) is 2. The molecule has 0 saturated carbocycles. The van der Waals surface area contributed by atoms with Crippen molar-refractivity contribution in [3.63, 3.8) is 0 Å². The van der Waals surface area contributed by atoms with Gasteiger partial charge in [0.05, 0.1) is 0 Å². The molecule has 2 aromatic rings. The molecule has 0 atom stereocenters. The maximum absolute atomic E-state index is 12.5. The van der Waals surface area contributed by atoms with E-state index in [9.17, 15) is 14.4 Å². The first kappa shape index (κ1) is 29.5. The van der Waals surface area contributed by atoms with Gasteiger partial charge < -0.3 is 25.8 Å². The Hall–Kier alpha value is -3.47. The fourth-order valence-corrected chi connectivity index (χ4v) is 5.19. The topological polar surface area (TPSA) is 126 Å². The van der Waals surface area contributed by atoms with Crippen LogP contribution in [0.25, 0.3) is 0 Å². The molecule has 216 valence electrons. The Kier molecular flexibility index (Phi) is 10.9. The van der Waals surface area contributed by atoms with Gasteiger partial charge in [-0.05, 0) is 81.2 Å². The van der Waals surface area contributed by atoms with E-state index < -0.39 is 11.8 Å². The van der Waals surface area contributed by atoms with E-state index in [4.69, 9.17) is 15.2 Å². The van der Waals surface area contributed by atoms with Crippen LogP contribution in [0.5, 0.6) is 5.75 Å². The number of likely N-dealkylation sites (N-methyl/N-ethyl adjacent to an activating group) is 1. The highest BCUT2D eigenvalue weighted by molar-refractivity contribution is 6.39. The third-order valence-corrected chi connectivity index (χ3v) is 7.67. The highest BCUT2D eigenvalue weighted by Gasteiger charge is 2.23. The van der Waals surface area contributed by atoms with Crippen molar-refractivity contribution in [3.05, 3.63) is 59.7 Å². The highest BCUT2D eigenvalue weighted by Crippen LogP contribution is 2.20. The normalized spacial score (nSPS) is 16.9. The molecule has 4 rings (SSSR count). The molecule has 2 aliphatic rings. The number of nitrogens with zero attached hydrogens (tertiary/aromatic N) is 2. The lowest BCUT2D eigenvalue weighted by molar-refractivity contribution is -0.136. The zero-order valence-electron chi connectivity index (χ0n) is 23.3. The van der Waals surface area contributed by atoms with Gasteiger partial charge in [-0.25, -0.2) is 0 Å². The smallest absolute Gasteiger partial charge is 0.313 e. The van der Waals surface area contributed by atoms with Gasteiger partial charge in [0.2, 0.25) is 5.91 Å². The number of benzene rings is 2. The third kappa shape index (κ3) is 9.04. The lowest BCUT2D eigenvalue weighted by atomic mass is 9.96. The molecule has 0 spiro atoms. The van der Waals surface area contributed by atoms with E-state index in [0.717, 1.165) is 75.4 Å². The maximum Gasteiger partial charge on any atom is 0.313 e. The highest BCUT2D eigenvalue weighted by atomic mass is 16.5. The number of likely N-dealkylation sites (tertiary alicyclic amines) is 1. The number of carbonyl (C=O) groups is 3. The molecule has 0 aromatic heterocycles. The quantitative estimate of drug-likeness (QED) is 0.365. The van der Waals surface area contributed by atoms with Crippen LogP contribution in [0.2, 0.25) is 0 Å². The van der Waals surface area contributed by atoms with Crippen molar-refractivity contribution in [2.24, 2.45) is 11.7 Å². The first-order valence-corrected chi connectivity index (χ1v) is 14.1. The van der Waals surface area contributed by atoms with Crippen molar-refractivity contribution in [2.75, 3.05) is 51.8 Å². The van der Waals surface area contributed by atoms with Gasteiger partial charge in [-0.2, -0.15) is 0 Å². The van der Waals surface area contributed by atoms with Crippen LogP contribution >= 0.6 is 0 Å². The zero-order chi connectivity index (χ0) is 28.3. The van der Waals surface area contributed by atoms with Crippen molar-refractivity contribution >= 4 is 23.4 Å². The molecule has 40 heavy (non-hydrogen) atoms. The van der Waals surface area contributed by atoms with Crippen molar-refractivity contribution in [3.8, 4) is 5.75 Å². The second-order valence-corrected chi connectivity index (χ2v) is 10.6. The van der Waals surface area contributed by atoms with Gasteiger partial charge in [-0.15, -0.1) is 0 Å². The molecule has 4 N–H and O–H groups in total. The Labute approximate surface area is 236 Å². The first-order valence-electron chi connectivity index (χ1n) is 14.1. The monoisotopic (exact) mass is 551 g/mol. The molecule has 0 radical (unpaired) electrons. The summed E-state index contributed by atoms with van der Waals surface area (Å²) in [5.41, 5.74) is 7.85. The lowest BCUT2D eigenvalue weighted by Gasteiger charge is -2.31. The molecule has 2 saturated heterocycles. The Bertz CT molecular complexity index is 1140. The summed E-state index contributed by atoms with van der Waals surface area (Å²) in [7, 11) is 2.11. The number of carbonyl (C=O) groups excluding carboxylic acids is 3. The summed E-state index contributed by atoms with van der Waals surface area (Å²) < 4.78 is 11.4. The fourth-order valence-electron chi connectivity index (χ4n) is 5.19. The van der Waals surface area contributed by atoms with Crippen LogP contribution in [0, 0.1) is 5.92 Å². The number of hydrogen-bond acceptors (Lipinski definition) is 7. The van der Waals surface area contributed by atoms with Gasteiger partial charge in [-0.3, -0.25) is 24.2 Å². The Balaban J connectivity index is 1.19. The van der Waals surface area contributed by atoms with Crippen LogP contribution in [-0.2, 0) is 32.2 Å². The number of primary amides is 1. The van der Waals surface area contributed by atoms with Crippen LogP contribution in [0.1, 0.15) is 36.8 Å². The molecule has 3 amide bonds. The number of hydrogen-bond donors (Lipinski definition) is 3. The van der Waals surface area contributed by atoms with E-state index in [-0.39, 0.29) is 18.4 Å². The summed E-state index contributed by atoms with van der Waals surface area (Å²) in [4.78, 5) is 41.0. The van der Waals surface area contributed by atoms with Crippen LogP contribution in [0.15, 0.2) is 48.5 Å². The van der Waals surface area contributed by atoms with Crippen LogP contribution < -0.4 is 21.1 Å². The minimum Gasteiger partial charge on any atom is -0.492 e. The van der Waals surface area contributed by atoms with Gasteiger partial charge >= 0.3 is 11.8 Å². The largest absolute Gasteiger partial charge is 0.492 e. The molecule has 2 heterocycles. The predicted octanol–water partition coefficient (Wildman–Crippen LogP) is 2.13. The molecule has 10 heteroatoms. The summed E-state index contributed by atoms with van der Waals surface area (Å²) in [6.45, 7) is 5.52. The standard InChI is InChI=1S/C30H41N5O5/c1-34(26-10-15-39-16-11-26)14-17-40-27-7-3-4-22(19-27)20-32-29(37)30(38)33-25-6-2-5-23(18-25)21-35-12-8-24(9-13-35)28(31)36/h2-7,18-19,24,26H,8-17,20-21H2,1H3,(H2,31,36)(H,32,37)(H,33,38). The van der Waals surface area contributed by atoms with Crippen LogP contribution in [-0.4, -0.2) is 80.1 Å². The predicted molar refractivity (Wildman–Crippen MR) is 153 cm³/mol. The molecule has 2 fully saturated rings. The minimum atomic E-state index is -0.719. The van der Waals surface area contributed by atoms with E-state index in [1.807, 2.05) is 42.5 Å². The number of anilines is 1. The molecule has 0 bridgehead atoms. The van der Waals surface area contributed by atoms with E-state index in [2.05, 4.69) is 27.5 Å². The third-order valence-electron chi connectivity index (χ3n) is 7.67. The lowest BCUT2D eigenvalue weighted by Crippen LogP contribution is -2.38. The van der Waals surface area contributed by atoms with Gasteiger partial charge in [0.15, 0.2) is 0 Å². The van der Waals surface area contributed by atoms with Crippen molar-refractivity contribution in [1.29, 1.82) is 0 Å². The molecular weight excluding hydrogens is 510 g/mol. The summed E-state index contributed by atoms with van der Waals surface area (Å²) >= 11 is 0. The van der Waals surface area contributed by atoms with Gasteiger partial charge in [0.1, 0.15) is 12.4 Å². The van der Waals surface area contributed by atoms with Crippen LogP contribution in [0.4, 0.5) is 5.69 Å². The fraction of sp³-hybridized carbons (Fsp3) is 0.500. The molecular formula is C30H41N5O5. The van der Waals surface area contributed by atoms with Crippen molar-refractivity contribution in [1.82, 2.24) is 15.1 Å². The second kappa shape index (κ2) is 14.8. The van der Waals surface area contributed by atoms with Crippen molar-refractivity contribution in [2.45, 2.75) is 44.8 Å². The summed E-state index contributed by atoms with van der Waals surface area (Å²) in [6.07, 6.45) is 3.61. The molecule has 2 aromatic carbocycles. The summed E-state index contributed by atoms with van der Waals surface area (Å²) in [5.74, 6) is -0.975. The van der Waals surface area contributed by atoms with E-state index in [0.29, 0.717) is 24.9 Å². The Morgan fingerprint density at radius 1 is 1.00 bits per heavy atom. The minimum absolute atomic E-state index is 0.0513. The summed E-state index contributed by atoms with van der Waals surface area (Å²) in [5, 5.41) is 5.37. The van der Waals surface area contributed by atoms with E-state index in [1.54, 1.807) is 6.07 Å². The average Bonchev–Trinajstić information content (AvgIpc) is 2.97. The average molecular weight is 552 g/mol. The molecule has 0 unspecified atom stereocenters. The number of piperidine rings is 1. The Morgan fingerprint density at radius 2 is 1.73 bits per heavy atom. The number of nitrogens with one attached hydrogen (secondary N) is 2. The van der Waals surface area contributed by atoms with Crippen molar-refractivity contribution < 1.29 is 23.9 Å². The maximum atomic E-state index is 12.5. The van der Waals surface area contributed by atoms with Gasteiger partial charge in [-0.1, -0.05) is 24.3 Å². The number of nitrogens with two attached hydrogens (primary N) is 1. The van der Waals surface area contributed by atoms with E-state index >= 15 is 0 Å². The molecule has 10 nitrogen and oxygen atoms in total. The first-order chi connectivity index (χ1) is 19.4. The van der Waals surface area contributed by atoms with Gasteiger partial charge in [0.25, 0.3) is 0 Å². The number of amides is 3. The molecule has 0 aliphatic carbocycles. The zero-order valence-corrected chi connectivity index (χ0v) is 23.3. The van der Waals surface area contributed by atoms with Gasteiger partial charge in [0, 0.05) is 50.5 Å². The summed E-state index contributed by atoms with van der Waals surface area (Å²) in [6, 6.07) is 15.5. The number of rotatable bonds is 11. The van der Waals surface area contributed by atoms with Crippen LogP contribution in [0.3, 0.4) is 0 Å². The van der Waals surface area contributed by atoms with E-state index in [1.165, 1.54) is 0 Å².